The van der Waals surface area contributed by atoms with Crippen LogP contribution >= 0.6 is 0 Å². The van der Waals surface area contributed by atoms with Gasteiger partial charge in [0, 0.05) is 17.4 Å². The molecule has 0 heterocycles. The molecule has 32 heavy (non-hydrogen) atoms. The number of benzene rings is 3. The molecule has 4 heteroatoms. The standard InChI is InChI=1S/C28H28O4/c1-21(28(30)24-15-17-25(31-2)18-16-24)26(23-13-7-4-8-14-23)20-27(29)32-19-9-12-22-10-5-3-6-11-22/h3-18,21,26H,19-20H2,1-2H3. The number of rotatable bonds is 10. The lowest BCUT2D eigenvalue weighted by Gasteiger charge is -2.23. The minimum Gasteiger partial charge on any atom is -0.497 e. The molecule has 0 N–H and O–H groups in total. The normalized spacial score (nSPS) is 12.8. The van der Waals surface area contributed by atoms with Gasteiger partial charge in [0.05, 0.1) is 13.5 Å². The van der Waals surface area contributed by atoms with Gasteiger partial charge in [-0.15, -0.1) is 0 Å². The van der Waals surface area contributed by atoms with Gasteiger partial charge in [-0.25, -0.2) is 0 Å². The first-order chi connectivity index (χ1) is 15.6. The van der Waals surface area contributed by atoms with E-state index in [9.17, 15) is 9.59 Å². The van der Waals surface area contributed by atoms with Gasteiger partial charge in [-0.2, -0.15) is 0 Å². The third kappa shape index (κ3) is 6.42. The van der Waals surface area contributed by atoms with Crippen LogP contribution in [0.1, 0.15) is 40.7 Å². The van der Waals surface area contributed by atoms with Gasteiger partial charge >= 0.3 is 5.97 Å². The molecule has 0 spiro atoms. The summed E-state index contributed by atoms with van der Waals surface area (Å²) in [4.78, 5) is 25.8. The average molecular weight is 429 g/mol. The summed E-state index contributed by atoms with van der Waals surface area (Å²) in [6.07, 6.45) is 3.86. The summed E-state index contributed by atoms with van der Waals surface area (Å²) in [5.41, 5.74) is 2.58. The predicted octanol–water partition coefficient (Wildman–Crippen LogP) is 5.94. The number of hydrogen-bond donors (Lipinski definition) is 0. The molecule has 0 saturated carbocycles. The monoisotopic (exact) mass is 428 g/mol. The van der Waals surface area contributed by atoms with Crippen molar-refractivity contribution in [3.05, 3.63) is 108 Å². The van der Waals surface area contributed by atoms with E-state index in [-0.39, 0.29) is 30.7 Å². The largest absolute Gasteiger partial charge is 0.497 e. The molecule has 0 aliphatic carbocycles. The molecule has 0 fully saturated rings. The highest BCUT2D eigenvalue weighted by Crippen LogP contribution is 2.31. The summed E-state index contributed by atoms with van der Waals surface area (Å²) in [5.74, 6) is -0.320. The van der Waals surface area contributed by atoms with E-state index in [4.69, 9.17) is 9.47 Å². The summed E-state index contributed by atoms with van der Waals surface area (Å²) in [6.45, 7) is 2.06. The third-order valence-electron chi connectivity index (χ3n) is 5.46. The summed E-state index contributed by atoms with van der Waals surface area (Å²) in [7, 11) is 1.59. The zero-order valence-corrected chi connectivity index (χ0v) is 18.4. The second-order valence-electron chi connectivity index (χ2n) is 7.60. The molecule has 3 aromatic carbocycles. The maximum Gasteiger partial charge on any atom is 0.306 e. The number of methoxy groups -OCH3 is 1. The van der Waals surface area contributed by atoms with Crippen LogP contribution in [0.5, 0.6) is 5.75 Å². The fourth-order valence-corrected chi connectivity index (χ4v) is 3.61. The molecule has 3 aromatic rings. The Balaban J connectivity index is 1.67. The molecular weight excluding hydrogens is 400 g/mol. The molecule has 4 nitrogen and oxygen atoms in total. The van der Waals surface area contributed by atoms with Crippen LogP contribution in [-0.2, 0) is 9.53 Å². The van der Waals surface area contributed by atoms with Crippen LogP contribution in [-0.4, -0.2) is 25.5 Å². The lowest BCUT2D eigenvalue weighted by Crippen LogP contribution is -2.23. The van der Waals surface area contributed by atoms with E-state index in [1.54, 1.807) is 31.4 Å². The van der Waals surface area contributed by atoms with Gasteiger partial charge < -0.3 is 9.47 Å². The summed E-state index contributed by atoms with van der Waals surface area (Å²) >= 11 is 0. The van der Waals surface area contributed by atoms with Crippen molar-refractivity contribution in [1.82, 2.24) is 0 Å². The molecule has 3 rings (SSSR count). The van der Waals surface area contributed by atoms with Crippen LogP contribution < -0.4 is 4.74 Å². The Morgan fingerprint density at radius 1 is 0.875 bits per heavy atom. The van der Waals surface area contributed by atoms with E-state index >= 15 is 0 Å². The number of ketones is 1. The molecule has 2 atom stereocenters. The van der Waals surface area contributed by atoms with Crippen molar-refractivity contribution in [2.45, 2.75) is 19.3 Å². The average Bonchev–Trinajstić information content (AvgIpc) is 2.85. The van der Waals surface area contributed by atoms with Crippen molar-refractivity contribution < 1.29 is 19.1 Å². The number of carbonyl (C=O) groups excluding carboxylic acids is 2. The van der Waals surface area contributed by atoms with Gasteiger partial charge in [-0.05, 0) is 41.5 Å². The number of carbonyl (C=O) groups is 2. The van der Waals surface area contributed by atoms with Crippen LogP contribution in [0.15, 0.2) is 91.0 Å². The highest BCUT2D eigenvalue weighted by molar-refractivity contribution is 5.98. The van der Waals surface area contributed by atoms with Gasteiger partial charge in [0.2, 0.25) is 0 Å². The molecule has 0 saturated heterocycles. The van der Waals surface area contributed by atoms with Gasteiger partial charge in [-0.1, -0.05) is 73.7 Å². The van der Waals surface area contributed by atoms with Crippen molar-refractivity contribution in [2.24, 2.45) is 5.92 Å². The van der Waals surface area contributed by atoms with Gasteiger partial charge in [0.1, 0.15) is 12.4 Å². The Hall–Kier alpha value is -3.66. The molecule has 0 bridgehead atoms. The van der Waals surface area contributed by atoms with E-state index in [1.807, 2.05) is 79.7 Å². The van der Waals surface area contributed by atoms with Crippen molar-refractivity contribution in [3.8, 4) is 5.75 Å². The molecule has 0 aliphatic rings. The maximum absolute atomic E-state index is 13.2. The Labute approximate surface area is 189 Å². The van der Waals surface area contributed by atoms with Crippen LogP contribution in [0.3, 0.4) is 0 Å². The van der Waals surface area contributed by atoms with Crippen LogP contribution in [0.2, 0.25) is 0 Å². The Morgan fingerprint density at radius 2 is 1.50 bits per heavy atom. The zero-order chi connectivity index (χ0) is 22.8. The summed E-state index contributed by atoms with van der Waals surface area (Å²) in [6, 6.07) is 26.5. The molecule has 0 amide bonds. The molecule has 164 valence electrons. The number of hydrogen-bond acceptors (Lipinski definition) is 4. The topological polar surface area (TPSA) is 52.6 Å². The van der Waals surface area contributed by atoms with Crippen molar-refractivity contribution in [3.63, 3.8) is 0 Å². The van der Waals surface area contributed by atoms with Crippen molar-refractivity contribution >= 4 is 17.8 Å². The Morgan fingerprint density at radius 3 is 2.12 bits per heavy atom. The maximum atomic E-state index is 13.2. The van der Waals surface area contributed by atoms with E-state index in [2.05, 4.69) is 0 Å². The number of Topliss-reactive ketones (excluding diaryl/α,β-unsaturated/α-hetero) is 1. The van der Waals surface area contributed by atoms with Crippen LogP contribution in [0.4, 0.5) is 0 Å². The minimum atomic E-state index is -0.391. The highest BCUT2D eigenvalue weighted by Gasteiger charge is 2.29. The van der Waals surface area contributed by atoms with E-state index < -0.39 is 5.92 Å². The molecule has 2 unspecified atom stereocenters. The molecule has 0 radical (unpaired) electrons. The first-order valence-corrected chi connectivity index (χ1v) is 10.7. The number of ether oxygens (including phenoxy) is 2. The Bertz CT molecular complexity index is 1020. The predicted molar refractivity (Wildman–Crippen MR) is 127 cm³/mol. The van der Waals surface area contributed by atoms with Crippen LogP contribution in [0, 0.1) is 5.92 Å². The first kappa shape index (κ1) is 23.0. The fourth-order valence-electron chi connectivity index (χ4n) is 3.61. The second-order valence-corrected chi connectivity index (χ2v) is 7.60. The highest BCUT2D eigenvalue weighted by atomic mass is 16.5. The molecular formula is C28H28O4. The van der Waals surface area contributed by atoms with E-state index in [0.717, 1.165) is 11.1 Å². The van der Waals surface area contributed by atoms with Gasteiger partial charge in [-0.3, -0.25) is 9.59 Å². The van der Waals surface area contributed by atoms with Crippen molar-refractivity contribution in [2.75, 3.05) is 13.7 Å². The Kier molecular flexibility index (Phi) is 8.38. The smallest absolute Gasteiger partial charge is 0.306 e. The summed E-state index contributed by atoms with van der Waals surface area (Å²) < 4.78 is 10.6. The minimum absolute atomic E-state index is 0.0155. The van der Waals surface area contributed by atoms with Gasteiger partial charge in [0.15, 0.2) is 5.78 Å². The zero-order valence-electron chi connectivity index (χ0n) is 18.4. The van der Waals surface area contributed by atoms with E-state index in [1.165, 1.54) is 0 Å². The molecule has 0 aliphatic heterocycles. The third-order valence-corrected chi connectivity index (χ3v) is 5.46. The second kappa shape index (κ2) is 11.7. The van der Waals surface area contributed by atoms with Crippen LogP contribution in [0.25, 0.3) is 6.08 Å². The SMILES string of the molecule is COc1ccc(C(=O)C(C)C(CC(=O)OCC=Cc2ccccc2)c2ccccc2)cc1. The molecule has 0 aromatic heterocycles. The summed E-state index contributed by atoms with van der Waals surface area (Å²) in [5, 5.41) is 0. The quantitative estimate of drug-likeness (QED) is 0.296. The van der Waals surface area contributed by atoms with Gasteiger partial charge in [0.25, 0.3) is 0 Å². The number of esters is 1. The first-order valence-electron chi connectivity index (χ1n) is 10.7. The lowest BCUT2D eigenvalue weighted by atomic mass is 9.80. The van der Waals surface area contributed by atoms with E-state index in [0.29, 0.717) is 11.3 Å². The fraction of sp³-hybridized carbons (Fsp3) is 0.214. The lowest BCUT2D eigenvalue weighted by molar-refractivity contribution is -0.143. The van der Waals surface area contributed by atoms with Crippen molar-refractivity contribution in [1.29, 1.82) is 0 Å².